The van der Waals surface area contributed by atoms with Crippen LogP contribution in [0.1, 0.15) is 40.3 Å². The molecule has 1 aromatic rings. The van der Waals surface area contributed by atoms with Gasteiger partial charge in [0.25, 0.3) is 0 Å². The number of halogens is 2. The molecule has 0 bridgehead atoms. The number of ether oxygens (including phenoxy) is 2. The van der Waals surface area contributed by atoms with Crippen LogP contribution in [0.5, 0.6) is 0 Å². The fraction of sp³-hybridized carbons (Fsp3) is 0.714. The van der Waals surface area contributed by atoms with Gasteiger partial charge >= 0.3 is 19.5 Å². The number of nitrogens with zero attached hydrogens (tertiary/aromatic N) is 2. The van der Waals surface area contributed by atoms with E-state index in [2.05, 4.69) is 26.2 Å². The third-order valence-corrected chi connectivity index (χ3v) is 7.89. The lowest BCUT2D eigenvalue weighted by Gasteiger charge is -2.39. The molecule has 2 aliphatic heterocycles. The standard InChI is InChI=1S/C21H31BrFN4O10P/c1-11(2)35-14(28)5-7-25-17(30)16-20(3,4)10-34-38(32,37-16)33-9-12-15(29)21(22,23)18(36-12)27-8-6-13(24)26-19(27)31/h6,8,11-12,15-16,18,29H,5,7,9-10H2,1-4H3,(H,25,30)(H2,24,26,31)/t12-,15+,16+,18-,21?,38?/m1/s1. The lowest BCUT2D eigenvalue weighted by Crippen LogP contribution is -2.50. The number of amides is 1. The molecule has 2 aliphatic rings. The number of nitrogens with one attached hydrogen (secondary N) is 1. The number of alkyl halides is 2. The second kappa shape index (κ2) is 11.7. The number of hydrogen-bond donors (Lipinski definition) is 3. The summed E-state index contributed by atoms with van der Waals surface area (Å²) in [7, 11) is -4.38. The van der Waals surface area contributed by atoms with E-state index in [1.807, 2.05) is 0 Å². The molecule has 6 atom stereocenters. The Labute approximate surface area is 226 Å². The molecule has 2 fully saturated rings. The molecule has 214 valence electrons. The van der Waals surface area contributed by atoms with Gasteiger partial charge < -0.3 is 25.6 Å². The summed E-state index contributed by atoms with van der Waals surface area (Å²) in [5.74, 6) is -1.25. The van der Waals surface area contributed by atoms with Gasteiger partial charge in [-0.15, -0.1) is 0 Å². The van der Waals surface area contributed by atoms with Crippen molar-refractivity contribution < 1.29 is 46.7 Å². The van der Waals surface area contributed by atoms with Crippen LogP contribution in [-0.4, -0.2) is 75.3 Å². The number of phosphoric acid groups is 1. The number of nitrogens with two attached hydrogens (primary N) is 1. The average Bonchev–Trinajstić information content (AvgIpc) is 3.02. The quantitative estimate of drug-likeness (QED) is 0.201. The van der Waals surface area contributed by atoms with Gasteiger partial charge in [-0.05, 0) is 35.8 Å². The third kappa shape index (κ3) is 6.97. The van der Waals surface area contributed by atoms with E-state index >= 15 is 4.39 Å². The largest absolute Gasteiger partial charge is 0.475 e. The summed E-state index contributed by atoms with van der Waals surface area (Å²) in [5.41, 5.74) is 3.60. The summed E-state index contributed by atoms with van der Waals surface area (Å²) in [6.07, 6.45) is -5.50. The molecule has 4 N–H and O–H groups in total. The maximum Gasteiger partial charge on any atom is 0.475 e. The zero-order valence-corrected chi connectivity index (χ0v) is 23.6. The minimum absolute atomic E-state index is 0.0426. The summed E-state index contributed by atoms with van der Waals surface area (Å²) in [6, 6.07) is 1.24. The van der Waals surface area contributed by atoms with E-state index in [-0.39, 0.29) is 31.5 Å². The molecule has 38 heavy (non-hydrogen) atoms. The van der Waals surface area contributed by atoms with Crippen LogP contribution in [-0.2, 0) is 37.2 Å². The van der Waals surface area contributed by atoms with Gasteiger partial charge in [-0.25, -0.2) is 13.8 Å². The number of phosphoric ester groups is 1. The molecule has 0 saturated carbocycles. The van der Waals surface area contributed by atoms with Gasteiger partial charge in [0.05, 0.1) is 25.7 Å². The zero-order valence-electron chi connectivity index (χ0n) is 21.2. The number of aliphatic hydroxyl groups is 1. The van der Waals surface area contributed by atoms with Crippen molar-refractivity contribution in [1.29, 1.82) is 0 Å². The molecule has 14 nitrogen and oxygen atoms in total. The van der Waals surface area contributed by atoms with E-state index in [4.69, 9.17) is 28.8 Å². The number of hydrogen-bond acceptors (Lipinski definition) is 12. The van der Waals surface area contributed by atoms with Crippen molar-refractivity contribution in [3.05, 3.63) is 22.7 Å². The molecule has 0 spiro atoms. The molecular formula is C21H31BrFN4O10P. The minimum atomic E-state index is -4.38. The maximum absolute atomic E-state index is 15.3. The Balaban J connectivity index is 1.63. The first kappa shape index (κ1) is 30.6. The van der Waals surface area contributed by atoms with Crippen LogP contribution in [0.4, 0.5) is 10.2 Å². The summed E-state index contributed by atoms with van der Waals surface area (Å²) < 4.78 is 53.1. The van der Waals surface area contributed by atoms with E-state index in [1.165, 1.54) is 6.07 Å². The van der Waals surface area contributed by atoms with Gasteiger partial charge in [0.2, 0.25) is 10.5 Å². The van der Waals surface area contributed by atoms with Gasteiger partial charge in [-0.2, -0.15) is 4.98 Å². The molecule has 1 aromatic heterocycles. The molecule has 0 radical (unpaired) electrons. The summed E-state index contributed by atoms with van der Waals surface area (Å²) >= 11 is 2.74. The Morgan fingerprint density at radius 1 is 1.45 bits per heavy atom. The van der Waals surface area contributed by atoms with Crippen LogP contribution in [0.3, 0.4) is 0 Å². The predicted octanol–water partition coefficient (Wildman–Crippen LogP) is 1.17. The number of carbonyl (C=O) groups is 2. The maximum atomic E-state index is 15.3. The van der Waals surface area contributed by atoms with Gasteiger partial charge in [0, 0.05) is 18.2 Å². The fourth-order valence-electron chi connectivity index (χ4n) is 3.67. The van der Waals surface area contributed by atoms with Crippen molar-refractivity contribution in [3.8, 4) is 0 Å². The number of anilines is 1. The number of aliphatic hydroxyl groups excluding tert-OH is 1. The highest BCUT2D eigenvalue weighted by atomic mass is 79.9. The van der Waals surface area contributed by atoms with Crippen molar-refractivity contribution >= 4 is 41.4 Å². The monoisotopic (exact) mass is 628 g/mol. The van der Waals surface area contributed by atoms with Gasteiger partial charge in [0.15, 0.2) is 12.3 Å². The van der Waals surface area contributed by atoms with E-state index in [1.54, 1.807) is 27.7 Å². The molecule has 17 heteroatoms. The lowest BCUT2D eigenvalue weighted by molar-refractivity contribution is -0.147. The van der Waals surface area contributed by atoms with Crippen LogP contribution in [0.15, 0.2) is 17.1 Å². The Morgan fingerprint density at radius 2 is 2.13 bits per heavy atom. The van der Waals surface area contributed by atoms with Crippen molar-refractivity contribution in [3.63, 3.8) is 0 Å². The average molecular weight is 629 g/mol. The fourth-order valence-corrected chi connectivity index (χ4v) is 5.95. The topological polar surface area (TPSA) is 191 Å². The third-order valence-electron chi connectivity index (χ3n) is 5.65. The van der Waals surface area contributed by atoms with Crippen LogP contribution >= 0.6 is 23.8 Å². The Kier molecular flexibility index (Phi) is 9.39. The highest BCUT2D eigenvalue weighted by Crippen LogP contribution is 2.58. The van der Waals surface area contributed by atoms with Gasteiger partial charge in [0.1, 0.15) is 18.0 Å². The first-order valence-corrected chi connectivity index (χ1v) is 13.9. The number of rotatable bonds is 9. The Hall–Kier alpha value is -1.94. The first-order chi connectivity index (χ1) is 17.6. The second-order valence-electron chi connectivity index (χ2n) is 9.76. The van der Waals surface area contributed by atoms with E-state index in [0.29, 0.717) is 0 Å². The number of esters is 1. The number of nitrogen functional groups attached to an aromatic ring is 1. The van der Waals surface area contributed by atoms with E-state index in [0.717, 1.165) is 10.8 Å². The molecule has 2 saturated heterocycles. The smallest absolute Gasteiger partial charge is 0.463 e. The molecule has 0 aromatic carbocycles. The molecular weight excluding hydrogens is 598 g/mol. The molecule has 3 rings (SSSR count). The van der Waals surface area contributed by atoms with Crippen molar-refractivity contribution in [2.75, 3.05) is 25.5 Å². The van der Waals surface area contributed by atoms with Crippen LogP contribution in [0.2, 0.25) is 0 Å². The SMILES string of the molecule is CC(C)OC(=O)CCNC(=O)[C@@H]1OP(=O)(OC[C@H]2O[C@@H](n3ccc(N)nc3=O)C(F)(Br)[C@H]2O)OCC1(C)C. The molecule has 2 unspecified atom stereocenters. The first-order valence-electron chi connectivity index (χ1n) is 11.7. The minimum Gasteiger partial charge on any atom is -0.463 e. The van der Waals surface area contributed by atoms with Gasteiger partial charge in [-0.1, -0.05) is 13.8 Å². The van der Waals surface area contributed by atoms with Gasteiger partial charge in [-0.3, -0.25) is 27.7 Å². The van der Waals surface area contributed by atoms with E-state index in [9.17, 15) is 24.1 Å². The van der Waals surface area contributed by atoms with Crippen LogP contribution < -0.4 is 16.7 Å². The highest BCUT2D eigenvalue weighted by molar-refractivity contribution is 9.10. The Morgan fingerprint density at radius 3 is 2.76 bits per heavy atom. The normalized spacial score (nSPS) is 32.7. The second-order valence-corrected chi connectivity index (χ2v) is 12.6. The summed E-state index contributed by atoms with van der Waals surface area (Å²) in [6.45, 7) is 5.75. The molecule has 0 aliphatic carbocycles. The van der Waals surface area contributed by atoms with E-state index < -0.39 is 66.5 Å². The zero-order chi connectivity index (χ0) is 28.5. The van der Waals surface area contributed by atoms with Crippen molar-refractivity contribution in [2.45, 2.75) is 69.3 Å². The Bertz CT molecular complexity index is 1150. The number of aromatic nitrogens is 2. The lowest BCUT2D eigenvalue weighted by atomic mass is 9.87. The highest BCUT2D eigenvalue weighted by Gasteiger charge is 2.58. The van der Waals surface area contributed by atoms with Crippen LogP contribution in [0, 0.1) is 5.41 Å². The molecule has 1 amide bonds. The van der Waals surface area contributed by atoms with Crippen molar-refractivity contribution in [2.24, 2.45) is 5.41 Å². The number of carbonyl (C=O) groups excluding carboxylic acids is 2. The van der Waals surface area contributed by atoms with Crippen molar-refractivity contribution in [1.82, 2.24) is 14.9 Å². The molecule has 3 heterocycles. The predicted molar refractivity (Wildman–Crippen MR) is 133 cm³/mol. The summed E-state index contributed by atoms with van der Waals surface area (Å²) in [4.78, 5) is 40.1. The van der Waals surface area contributed by atoms with Crippen LogP contribution in [0.25, 0.3) is 0 Å². The summed E-state index contributed by atoms with van der Waals surface area (Å²) in [5, 5.41) is 13.0.